The van der Waals surface area contributed by atoms with Crippen LogP contribution in [0.3, 0.4) is 0 Å². The topological polar surface area (TPSA) is 113 Å². The van der Waals surface area contributed by atoms with E-state index in [0.29, 0.717) is 22.3 Å². The molecule has 0 radical (unpaired) electrons. The number of carbonyl (C=O) groups is 3. The zero-order chi connectivity index (χ0) is 20.8. The van der Waals surface area contributed by atoms with Gasteiger partial charge < -0.3 is 20.4 Å². The van der Waals surface area contributed by atoms with Crippen molar-refractivity contribution in [3.8, 4) is 11.5 Å². The van der Waals surface area contributed by atoms with E-state index in [2.05, 4.69) is 20.9 Å². The minimum atomic E-state index is -0.484. The summed E-state index contributed by atoms with van der Waals surface area (Å²) in [7, 11) is 0. The molecule has 0 aliphatic heterocycles. The van der Waals surface area contributed by atoms with E-state index in [-0.39, 0.29) is 24.6 Å². The van der Waals surface area contributed by atoms with Crippen molar-refractivity contribution in [2.24, 2.45) is 0 Å². The Morgan fingerprint density at radius 2 is 1.86 bits per heavy atom. The highest BCUT2D eigenvalue weighted by atomic mass is 32.1. The minimum Gasteiger partial charge on any atom is -0.458 e. The average Bonchev–Trinajstić information content (AvgIpc) is 3.34. The van der Waals surface area contributed by atoms with Gasteiger partial charge in [0, 0.05) is 17.9 Å². The molecule has 8 nitrogen and oxygen atoms in total. The van der Waals surface area contributed by atoms with Crippen LogP contribution in [0.15, 0.2) is 46.2 Å². The molecule has 0 unspecified atom stereocenters. The quantitative estimate of drug-likeness (QED) is 0.548. The number of hydrogen-bond donors (Lipinski definition) is 3. The van der Waals surface area contributed by atoms with E-state index in [0.717, 1.165) is 0 Å². The van der Waals surface area contributed by atoms with Crippen LogP contribution >= 0.6 is 11.3 Å². The van der Waals surface area contributed by atoms with Crippen LogP contribution in [-0.2, 0) is 16.1 Å². The number of carbonyl (C=O) groups excluding carboxylic acids is 3. The van der Waals surface area contributed by atoms with Crippen LogP contribution in [0.1, 0.15) is 23.0 Å². The lowest BCUT2D eigenvalue weighted by molar-refractivity contribution is -0.119. The number of thiazole rings is 1. The van der Waals surface area contributed by atoms with Crippen molar-refractivity contribution in [3.05, 3.63) is 58.9 Å². The average molecular weight is 416 g/mol. The Morgan fingerprint density at radius 3 is 2.59 bits per heavy atom. The van der Waals surface area contributed by atoms with Crippen molar-refractivity contribution < 1.29 is 23.2 Å². The van der Waals surface area contributed by atoms with Crippen LogP contribution < -0.4 is 16.0 Å². The maximum absolute atomic E-state index is 12.9. The van der Waals surface area contributed by atoms with Gasteiger partial charge in [0.05, 0.1) is 13.1 Å². The summed E-state index contributed by atoms with van der Waals surface area (Å²) in [6, 6.07) is 8.46. The van der Waals surface area contributed by atoms with E-state index in [1.165, 1.54) is 42.5 Å². The first kappa shape index (κ1) is 20.2. The molecule has 0 spiro atoms. The highest BCUT2D eigenvalue weighted by Crippen LogP contribution is 2.26. The Kier molecular flexibility index (Phi) is 6.35. The number of amides is 3. The Hall–Kier alpha value is -3.53. The summed E-state index contributed by atoms with van der Waals surface area (Å²) in [4.78, 5) is 39.2. The zero-order valence-corrected chi connectivity index (χ0v) is 16.1. The molecule has 0 aliphatic rings. The molecule has 3 aromatic rings. The van der Waals surface area contributed by atoms with E-state index < -0.39 is 17.6 Å². The molecule has 0 fully saturated rings. The standard InChI is InChI=1S/C19H17FN4O4S/c1-11(25)21-8-14-6-7-16(28-14)15-10-29-19(23-15)24-17(26)9-22-18(27)12-2-4-13(20)5-3-12/h2-7,10H,8-9H2,1H3,(H,21,25)(H,22,27)(H,23,24,26). The number of benzene rings is 1. The number of nitrogens with one attached hydrogen (secondary N) is 3. The van der Waals surface area contributed by atoms with Gasteiger partial charge in [-0.2, -0.15) is 0 Å². The summed E-state index contributed by atoms with van der Waals surface area (Å²) in [5.74, 6) is -0.454. The molecule has 0 atom stereocenters. The lowest BCUT2D eigenvalue weighted by Gasteiger charge is -2.05. The number of aromatic nitrogens is 1. The van der Waals surface area contributed by atoms with Crippen LogP contribution in [0.25, 0.3) is 11.5 Å². The third-order valence-electron chi connectivity index (χ3n) is 3.69. The Labute approximate surface area is 169 Å². The van der Waals surface area contributed by atoms with Crippen molar-refractivity contribution in [2.45, 2.75) is 13.5 Å². The Balaban J connectivity index is 1.51. The fourth-order valence-corrected chi connectivity index (χ4v) is 3.01. The van der Waals surface area contributed by atoms with Gasteiger partial charge in [-0.3, -0.25) is 14.4 Å². The molecule has 0 saturated heterocycles. The first-order valence-corrected chi connectivity index (χ1v) is 9.41. The second-order valence-corrected chi connectivity index (χ2v) is 6.81. The van der Waals surface area contributed by atoms with E-state index >= 15 is 0 Å². The lowest BCUT2D eigenvalue weighted by atomic mass is 10.2. The van der Waals surface area contributed by atoms with Crippen molar-refractivity contribution in [1.29, 1.82) is 0 Å². The molecule has 2 aromatic heterocycles. The maximum atomic E-state index is 12.9. The molecule has 29 heavy (non-hydrogen) atoms. The van der Waals surface area contributed by atoms with Gasteiger partial charge in [-0.15, -0.1) is 11.3 Å². The van der Waals surface area contributed by atoms with Gasteiger partial charge in [0.1, 0.15) is 17.3 Å². The van der Waals surface area contributed by atoms with Gasteiger partial charge in [0.15, 0.2) is 10.9 Å². The van der Waals surface area contributed by atoms with Crippen molar-refractivity contribution >= 4 is 34.2 Å². The SMILES string of the molecule is CC(=O)NCc1ccc(-c2csc(NC(=O)CNC(=O)c3ccc(F)cc3)n2)o1. The third kappa shape index (κ3) is 5.72. The van der Waals surface area contributed by atoms with Crippen molar-refractivity contribution in [1.82, 2.24) is 15.6 Å². The van der Waals surface area contributed by atoms with Gasteiger partial charge in [-0.05, 0) is 36.4 Å². The molecule has 3 rings (SSSR count). The van der Waals surface area contributed by atoms with Gasteiger partial charge >= 0.3 is 0 Å². The zero-order valence-electron chi connectivity index (χ0n) is 15.3. The minimum absolute atomic E-state index is 0.159. The molecule has 150 valence electrons. The first-order chi connectivity index (χ1) is 13.9. The van der Waals surface area contributed by atoms with Gasteiger partial charge in [-0.1, -0.05) is 0 Å². The molecular formula is C19H17FN4O4S. The predicted octanol–water partition coefficient (Wildman–Crippen LogP) is 2.55. The van der Waals surface area contributed by atoms with Crippen LogP contribution in [0, 0.1) is 5.82 Å². The highest BCUT2D eigenvalue weighted by Gasteiger charge is 2.13. The molecule has 0 saturated carbocycles. The lowest BCUT2D eigenvalue weighted by Crippen LogP contribution is -2.32. The van der Waals surface area contributed by atoms with Gasteiger partial charge in [0.25, 0.3) is 5.91 Å². The number of anilines is 1. The molecule has 3 N–H and O–H groups in total. The molecular weight excluding hydrogens is 399 g/mol. The Morgan fingerprint density at radius 1 is 1.10 bits per heavy atom. The first-order valence-electron chi connectivity index (χ1n) is 8.53. The Bertz CT molecular complexity index is 1030. The van der Waals surface area contributed by atoms with Crippen LogP contribution in [0.2, 0.25) is 0 Å². The maximum Gasteiger partial charge on any atom is 0.251 e. The normalized spacial score (nSPS) is 10.4. The molecule has 0 bridgehead atoms. The monoisotopic (exact) mass is 416 g/mol. The summed E-state index contributed by atoms with van der Waals surface area (Å²) >= 11 is 1.21. The summed E-state index contributed by atoms with van der Waals surface area (Å²) < 4.78 is 18.5. The van der Waals surface area contributed by atoms with Crippen LogP contribution in [0.4, 0.5) is 9.52 Å². The molecule has 1 aromatic carbocycles. The summed E-state index contributed by atoms with van der Waals surface area (Å²) in [5, 5.41) is 9.74. The molecule has 3 amide bonds. The largest absolute Gasteiger partial charge is 0.458 e. The third-order valence-corrected chi connectivity index (χ3v) is 4.45. The number of nitrogens with zero attached hydrogens (tertiary/aromatic N) is 1. The van der Waals surface area contributed by atoms with Gasteiger partial charge in [-0.25, -0.2) is 9.37 Å². The fraction of sp³-hybridized carbons (Fsp3) is 0.158. The molecule has 10 heteroatoms. The summed E-state index contributed by atoms with van der Waals surface area (Å²) in [6.07, 6.45) is 0. The van der Waals surface area contributed by atoms with Crippen LogP contribution in [0.5, 0.6) is 0 Å². The van der Waals surface area contributed by atoms with E-state index in [1.807, 2.05) is 0 Å². The van der Waals surface area contributed by atoms with E-state index in [1.54, 1.807) is 17.5 Å². The second kappa shape index (κ2) is 9.11. The van der Waals surface area contributed by atoms with Crippen LogP contribution in [-0.4, -0.2) is 29.3 Å². The summed E-state index contributed by atoms with van der Waals surface area (Å²) in [6.45, 7) is 1.44. The fourth-order valence-electron chi connectivity index (χ4n) is 2.29. The van der Waals surface area contributed by atoms with Crippen molar-refractivity contribution in [2.75, 3.05) is 11.9 Å². The van der Waals surface area contributed by atoms with E-state index in [9.17, 15) is 18.8 Å². The van der Waals surface area contributed by atoms with E-state index in [4.69, 9.17) is 4.42 Å². The molecule has 2 heterocycles. The van der Waals surface area contributed by atoms with Gasteiger partial charge in [0.2, 0.25) is 11.8 Å². The van der Waals surface area contributed by atoms with Crippen molar-refractivity contribution in [3.63, 3.8) is 0 Å². The predicted molar refractivity (Wildman–Crippen MR) is 105 cm³/mol. The number of hydrogen-bond acceptors (Lipinski definition) is 6. The molecule has 0 aliphatic carbocycles. The number of rotatable bonds is 7. The number of furan rings is 1. The highest BCUT2D eigenvalue weighted by molar-refractivity contribution is 7.14. The number of halogens is 1. The summed E-state index contributed by atoms with van der Waals surface area (Å²) in [5.41, 5.74) is 0.790. The smallest absolute Gasteiger partial charge is 0.251 e. The second-order valence-electron chi connectivity index (χ2n) is 5.95.